The Morgan fingerprint density at radius 3 is 2.58 bits per heavy atom. The van der Waals surface area contributed by atoms with E-state index in [1.807, 2.05) is 0 Å². The maximum Gasteiger partial charge on any atom is 0.170 e. The number of oxime groups is 1. The van der Waals surface area contributed by atoms with Gasteiger partial charge < -0.3 is 15.8 Å². The van der Waals surface area contributed by atoms with Crippen LogP contribution in [-0.4, -0.2) is 35.6 Å². The smallest absolute Gasteiger partial charge is 0.170 e. The van der Waals surface area contributed by atoms with E-state index in [1.54, 1.807) is 16.7 Å². The van der Waals surface area contributed by atoms with E-state index >= 15 is 0 Å². The summed E-state index contributed by atoms with van der Waals surface area (Å²) >= 11 is 1.78. The summed E-state index contributed by atoms with van der Waals surface area (Å²) in [5.74, 6) is 0.167. The van der Waals surface area contributed by atoms with E-state index < -0.39 is 11.6 Å². The number of nitrogens with zero attached hydrogens (tertiary/aromatic N) is 2. The van der Waals surface area contributed by atoms with Crippen LogP contribution in [0.25, 0.3) is 0 Å². The standard InChI is InChI=1S/C12H15F2N3OS/c13-9-6-8(12(15)16-18)7-10(14)11(9)17-2-1-4-19-5-3-17/h6-7,18H,1-5H2,(H2,15,16). The lowest BCUT2D eigenvalue weighted by molar-refractivity contribution is 0.318. The first-order valence-corrected chi connectivity index (χ1v) is 7.08. The molecule has 7 heteroatoms. The Hall–Kier alpha value is -1.50. The van der Waals surface area contributed by atoms with Gasteiger partial charge in [0.1, 0.15) is 17.3 Å². The molecule has 1 heterocycles. The van der Waals surface area contributed by atoms with Crippen molar-refractivity contribution in [3.63, 3.8) is 0 Å². The monoisotopic (exact) mass is 287 g/mol. The minimum atomic E-state index is -0.687. The zero-order valence-electron chi connectivity index (χ0n) is 10.3. The van der Waals surface area contributed by atoms with Gasteiger partial charge in [-0.1, -0.05) is 5.16 Å². The summed E-state index contributed by atoms with van der Waals surface area (Å²) in [4.78, 5) is 1.71. The molecule has 1 aromatic carbocycles. The van der Waals surface area contributed by atoms with E-state index in [1.165, 1.54) is 0 Å². The first kappa shape index (κ1) is 13.9. The van der Waals surface area contributed by atoms with Crippen molar-refractivity contribution in [2.75, 3.05) is 29.5 Å². The second-order valence-electron chi connectivity index (χ2n) is 4.23. The van der Waals surface area contributed by atoms with Crippen LogP contribution < -0.4 is 10.6 Å². The molecule has 0 atom stereocenters. The van der Waals surface area contributed by atoms with Gasteiger partial charge >= 0.3 is 0 Å². The molecule has 0 bridgehead atoms. The molecule has 0 spiro atoms. The maximum atomic E-state index is 14.0. The predicted molar refractivity (Wildman–Crippen MR) is 73.0 cm³/mol. The topological polar surface area (TPSA) is 61.9 Å². The number of benzene rings is 1. The third-order valence-electron chi connectivity index (χ3n) is 2.96. The normalized spacial score (nSPS) is 17.4. The Balaban J connectivity index is 2.35. The second kappa shape index (κ2) is 6.10. The molecule has 0 radical (unpaired) electrons. The van der Waals surface area contributed by atoms with Crippen LogP contribution in [0.1, 0.15) is 12.0 Å². The number of amidine groups is 1. The zero-order chi connectivity index (χ0) is 13.8. The second-order valence-corrected chi connectivity index (χ2v) is 5.45. The van der Waals surface area contributed by atoms with E-state index in [0.29, 0.717) is 13.1 Å². The summed E-state index contributed by atoms with van der Waals surface area (Å²) in [6, 6.07) is 2.18. The first-order chi connectivity index (χ1) is 9.13. The number of hydrogen-bond donors (Lipinski definition) is 2. The van der Waals surface area contributed by atoms with Gasteiger partial charge in [0.15, 0.2) is 5.84 Å². The fourth-order valence-electron chi connectivity index (χ4n) is 2.04. The lowest BCUT2D eigenvalue weighted by Crippen LogP contribution is -2.28. The largest absolute Gasteiger partial charge is 0.409 e. The van der Waals surface area contributed by atoms with Crippen LogP contribution in [0, 0.1) is 11.6 Å². The average Bonchev–Trinajstić information content (AvgIpc) is 2.66. The molecule has 0 saturated carbocycles. The van der Waals surface area contributed by atoms with Crippen LogP contribution >= 0.6 is 11.8 Å². The fraction of sp³-hybridized carbons (Fsp3) is 0.417. The molecule has 3 N–H and O–H groups in total. The van der Waals surface area contributed by atoms with E-state index in [-0.39, 0.29) is 17.1 Å². The van der Waals surface area contributed by atoms with Crippen LogP contribution in [0.15, 0.2) is 17.3 Å². The SMILES string of the molecule is N/C(=N/O)c1cc(F)c(N2CCCSCC2)c(F)c1. The number of thioether (sulfide) groups is 1. The number of hydrogen-bond acceptors (Lipinski definition) is 4. The van der Waals surface area contributed by atoms with Crippen LogP contribution in [0.3, 0.4) is 0 Å². The number of nitrogens with two attached hydrogens (primary N) is 1. The van der Waals surface area contributed by atoms with Crippen LogP contribution in [-0.2, 0) is 0 Å². The zero-order valence-corrected chi connectivity index (χ0v) is 11.1. The fourth-order valence-corrected chi connectivity index (χ4v) is 2.93. The van der Waals surface area contributed by atoms with Gasteiger partial charge in [-0.3, -0.25) is 0 Å². The number of rotatable bonds is 2. The highest BCUT2D eigenvalue weighted by Gasteiger charge is 2.20. The van der Waals surface area contributed by atoms with E-state index in [4.69, 9.17) is 10.9 Å². The van der Waals surface area contributed by atoms with Gasteiger partial charge in [-0.2, -0.15) is 11.8 Å². The highest BCUT2D eigenvalue weighted by atomic mass is 32.2. The summed E-state index contributed by atoms with van der Waals surface area (Å²) in [5, 5.41) is 11.3. The molecule has 1 fully saturated rings. The molecule has 19 heavy (non-hydrogen) atoms. The highest BCUT2D eigenvalue weighted by molar-refractivity contribution is 7.99. The molecular weight excluding hydrogens is 272 g/mol. The lowest BCUT2D eigenvalue weighted by atomic mass is 10.1. The Bertz CT molecular complexity index is 465. The molecule has 0 aliphatic carbocycles. The van der Waals surface area contributed by atoms with E-state index in [0.717, 1.165) is 30.1 Å². The number of halogens is 2. The quantitative estimate of drug-likeness (QED) is 0.378. The Kier molecular flexibility index (Phi) is 4.47. The minimum absolute atomic E-state index is 0.0306. The summed E-state index contributed by atoms with van der Waals surface area (Å²) < 4.78 is 28.1. The van der Waals surface area contributed by atoms with Crippen molar-refractivity contribution in [2.45, 2.75) is 6.42 Å². The molecule has 2 rings (SSSR count). The average molecular weight is 287 g/mol. The van der Waals surface area contributed by atoms with Gasteiger partial charge in [-0.15, -0.1) is 0 Å². The molecule has 0 unspecified atom stereocenters. The van der Waals surface area contributed by atoms with E-state index in [2.05, 4.69) is 5.16 Å². The summed E-state index contributed by atoms with van der Waals surface area (Å²) in [6.45, 7) is 1.24. The molecule has 0 amide bonds. The van der Waals surface area contributed by atoms with Crippen molar-refractivity contribution >= 4 is 23.3 Å². The molecule has 1 saturated heterocycles. The van der Waals surface area contributed by atoms with Gasteiger partial charge in [0.25, 0.3) is 0 Å². The Morgan fingerprint density at radius 1 is 1.26 bits per heavy atom. The highest BCUT2D eigenvalue weighted by Crippen LogP contribution is 2.27. The third-order valence-corrected chi connectivity index (χ3v) is 4.01. The molecular formula is C12H15F2N3OS. The summed E-state index contributed by atoms with van der Waals surface area (Å²) in [6.07, 6.45) is 0.894. The van der Waals surface area contributed by atoms with Gasteiger partial charge in [0.2, 0.25) is 0 Å². The van der Waals surface area contributed by atoms with Crippen molar-refractivity contribution in [3.05, 3.63) is 29.3 Å². The van der Waals surface area contributed by atoms with Gasteiger partial charge in [0, 0.05) is 24.4 Å². The predicted octanol–water partition coefficient (Wildman–Crippen LogP) is 2.00. The molecule has 104 valence electrons. The third kappa shape index (κ3) is 3.09. The molecule has 0 aromatic heterocycles. The van der Waals surface area contributed by atoms with Crippen molar-refractivity contribution in [1.82, 2.24) is 0 Å². The van der Waals surface area contributed by atoms with Crippen molar-refractivity contribution in [1.29, 1.82) is 0 Å². The molecule has 1 aliphatic heterocycles. The van der Waals surface area contributed by atoms with Crippen LogP contribution in [0.5, 0.6) is 0 Å². The lowest BCUT2D eigenvalue weighted by Gasteiger charge is -2.23. The van der Waals surface area contributed by atoms with Crippen molar-refractivity contribution in [3.8, 4) is 0 Å². The number of anilines is 1. The van der Waals surface area contributed by atoms with E-state index in [9.17, 15) is 8.78 Å². The maximum absolute atomic E-state index is 14.0. The van der Waals surface area contributed by atoms with Gasteiger partial charge in [-0.25, -0.2) is 8.78 Å². The molecule has 1 aliphatic rings. The van der Waals surface area contributed by atoms with Crippen LogP contribution in [0.4, 0.5) is 14.5 Å². The van der Waals surface area contributed by atoms with Crippen LogP contribution in [0.2, 0.25) is 0 Å². The summed E-state index contributed by atoms with van der Waals surface area (Å²) in [5.41, 5.74) is 5.34. The molecule has 1 aromatic rings. The van der Waals surface area contributed by atoms with Crippen molar-refractivity contribution < 1.29 is 14.0 Å². The van der Waals surface area contributed by atoms with Crippen molar-refractivity contribution in [2.24, 2.45) is 10.9 Å². The summed E-state index contributed by atoms with van der Waals surface area (Å²) in [7, 11) is 0. The Labute approximate surface area is 114 Å². The molecule has 4 nitrogen and oxygen atoms in total. The van der Waals surface area contributed by atoms with Gasteiger partial charge in [-0.05, 0) is 24.3 Å². The first-order valence-electron chi connectivity index (χ1n) is 5.93. The Morgan fingerprint density at radius 2 is 1.95 bits per heavy atom. The minimum Gasteiger partial charge on any atom is -0.409 e. The van der Waals surface area contributed by atoms with Gasteiger partial charge in [0.05, 0.1) is 0 Å².